The third-order valence-corrected chi connectivity index (χ3v) is 4.57. The van der Waals surface area contributed by atoms with Gasteiger partial charge < -0.3 is 4.57 Å². The SMILES string of the molecule is Cc1ccc(/C=C/c2nc3cc(C)c(C)cc3n2CCCC#N)cc1. The van der Waals surface area contributed by atoms with Crippen molar-refractivity contribution in [3.63, 3.8) is 0 Å². The predicted molar refractivity (Wildman–Crippen MR) is 104 cm³/mol. The molecule has 1 heterocycles. The van der Waals surface area contributed by atoms with E-state index >= 15 is 0 Å². The number of unbranched alkanes of at least 4 members (excludes halogenated alkanes) is 1. The fraction of sp³-hybridized carbons (Fsp3) is 0.273. The Hall–Kier alpha value is -2.86. The van der Waals surface area contributed by atoms with Crippen LogP contribution in [0.5, 0.6) is 0 Å². The molecule has 0 aliphatic heterocycles. The summed E-state index contributed by atoms with van der Waals surface area (Å²) in [6, 6.07) is 15.0. The fourth-order valence-electron chi connectivity index (χ4n) is 2.93. The molecule has 1 aromatic heterocycles. The van der Waals surface area contributed by atoms with Crippen LogP contribution < -0.4 is 0 Å². The van der Waals surface area contributed by atoms with Gasteiger partial charge in [0, 0.05) is 13.0 Å². The Bertz CT molecular complexity index is 954. The molecule has 0 radical (unpaired) electrons. The van der Waals surface area contributed by atoms with Crippen molar-refractivity contribution in [1.82, 2.24) is 9.55 Å². The molecule has 3 heteroatoms. The zero-order chi connectivity index (χ0) is 17.8. The average molecular weight is 329 g/mol. The topological polar surface area (TPSA) is 41.6 Å². The molecule has 0 saturated heterocycles. The highest BCUT2D eigenvalue weighted by atomic mass is 15.1. The molecule has 0 atom stereocenters. The van der Waals surface area contributed by atoms with Gasteiger partial charge in [-0.2, -0.15) is 5.26 Å². The lowest BCUT2D eigenvalue weighted by molar-refractivity contribution is 0.664. The molecule has 0 fully saturated rings. The van der Waals surface area contributed by atoms with Crippen molar-refractivity contribution in [2.45, 2.75) is 40.2 Å². The van der Waals surface area contributed by atoms with Crippen molar-refractivity contribution in [3.05, 3.63) is 64.5 Å². The standard InChI is InChI=1S/C22H23N3/c1-16-6-8-19(9-7-16)10-11-22-24-20-14-17(2)18(3)15-21(20)25(22)13-5-4-12-23/h6-11,14-15H,4-5,13H2,1-3H3/b11-10+. The van der Waals surface area contributed by atoms with Crippen LogP contribution in [0.3, 0.4) is 0 Å². The molecule has 0 unspecified atom stereocenters. The highest BCUT2D eigenvalue weighted by Gasteiger charge is 2.10. The first-order valence-corrected chi connectivity index (χ1v) is 8.67. The number of hydrogen-bond donors (Lipinski definition) is 0. The molecule has 25 heavy (non-hydrogen) atoms. The molecule has 0 spiro atoms. The van der Waals surface area contributed by atoms with Crippen LogP contribution in [0.25, 0.3) is 23.2 Å². The van der Waals surface area contributed by atoms with Gasteiger partial charge in [-0.3, -0.25) is 0 Å². The molecule has 3 nitrogen and oxygen atoms in total. The average Bonchev–Trinajstić information content (AvgIpc) is 2.92. The van der Waals surface area contributed by atoms with Crippen molar-refractivity contribution in [1.29, 1.82) is 5.26 Å². The van der Waals surface area contributed by atoms with Gasteiger partial charge in [0.1, 0.15) is 5.82 Å². The van der Waals surface area contributed by atoms with Gasteiger partial charge in [0.05, 0.1) is 17.1 Å². The molecular formula is C22H23N3. The van der Waals surface area contributed by atoms with Crippen LogP contribution in [0.15, 0.2) is 36.4 Å². The third kappa shape index (κ3) is 3.80. The van der Waals surface area contributed by atoms with Crippen LogP contribution >= 0.6 is 0 Å². The monoisotopic (exact) mass is 329 g/mol. The molecule has 0 bridgehead atoms. The number of nitrogens with zero attached hydrogens (tertiary/aromatic N) is 3. The maximum atomic E-state index is 8.84. The Morgan fingerprint density at radius 1 is 1.04 bits per heavy atom. The number of fused-ring (bicyclic) bond motifs is 1. The fourth-order valence-corrected chi connectivity index (χ4v) is 2.93. The Balaban J connectivity index is 2.01. The summed E-state index contributed by atoms with van der Waals surface area (Å²) in [5.74, 6) is 0.943. The largest absolute Gasteiger partial charge is 0.324 e. The second-order valence-electron chi connectivity index (χ2n) is 6.55. The Labute approximate surface area is 149 Å². The highest BCUT2D eigenvalue weighted by Crippen LogP contribution is 2.23. The lowest BCUT2D eigenvalue weighted by atomic mass is 10.1. The molecule has 126 valence electrons. The first-order valence-electron chi connectivity index (χ1n) is 8.67. The molecule has 0 amide bonds. The smallest absolute Gasteiger partial charge is 0.133 e. The van der Waals surface area contributed by atoms with Crippen molar-refractivity contribution in [2.24, 2.45) is 0 Å². The number of hydrogen-bond acceptors (Lipinski definition) is 2. The van der Waals surface area contributed by atoms with Crippen LogP contribution in [0.4, 0.5) is 0 Å². The third-order valence-electron chi connectivity index (χ3n) is 4.57. The number of nitriles is 1. The summed E-state index contributed by atoms with van der Waals surface area (Å²) in [4.78, 5) is 4.82. The molecule has 0 N–H and O–H groups in total. The molecule has 0 saturated carbocycles. The zero-order valence-electron chi connectivity index (χ0n) is 15.1. The van der Waals surface area contributed by atoms with Crippen LogP contribution in [0.2, 0.25) is 0 Å². The first-order chi connectivity index (χ1) is 12.1. The molecule has 0 aliphatic rings. The maximum Gasteiger partial charge on any atom is 0.133 e. The minimum atomic E-state index is 0.561. The number of benzene rings is 2. The number of aromatic nitrogens is 2. The van der Waals surface area contributed by atoms with E-state index in [2.05, 4.69) is 80.0 Å². The van der Waals surface area contributed by atoms with Crippen molar-refractivity contribution in [3.8, 4) is 6.07 Å². The van der Waals surface area contributed by atoms with E-state index < -0.39 is 0 Å². The van der Waals surface area contributed by atoms with E-state index in [-0.39, 0.29) is 0 Å². The second-order valence-corrected chi connectivity index (χ2v) is 6.55. The highest BCUT2D eigenvalue weighted by molar-refractivity contribution is 5.81. The normalized spacial score (nSPS) is 11.3. The van der Waals surface area contributed by atoms with Crippen molar-refractivity contribution < 1.29 is 0 Å². The van der Waals surface area contributed by atoms with Crippen molar-refractivity contribution in [2.75, 3.05) is 0 Å². The van der Waals surface area contributed by atoms with Crippen LogP contribution in [0.1, 0.15) is 40.9 Å². The van der Waals surface area contributed by atoms with Gasteiger partial charge in [-0.1, -0.05) is 35.9 Å². The van der Waals surface area contributed by atoms with Gasteiger partial charge in [-0.15, -0.1) is 0 Å². The number of imidazole rings is 1. The predicted octanol–water partition coefficient (Wildman–Crippen LogP) is 5.44. The van der Waals surface area contributed by atoms with Gasteiger partial charge in [-0.25, -0.2) is 4.98 Å². The van der Waals surface area contributed by atoms with Gasteiger partial charge in [0.2, 0.25) is 0 Å². The van der Waals surface area contributed by atoms with E-state index in [0.29, 0.717) is 6.42 Å². The Kier molecular flexibility index (Phi) is 5.00. The molecule has 0 aliphatic carbocycles. The molecule has 3 rings (SSSR count). The summed E-state index contributed by atoms with van der Waals surface area (Å²) in [7, 11) is 0. The molecule has 2 aromatic carbocycles. The second kappa shape index (κ2) is 7.36. The van der Waals surface area contributed by atoms with Crippen LogP contribution in [-0.2, 0) is 6.54 Å². The van der Waals surface area contributed by atoms with E-state index in [0.717, 1.165) is 35.4 Å². The summed E-state index contributed by atoms with van der Waals surface area (Å²) >= 11 is 0. The number of rotatable bonds is 5. The van der Waals surface area contributed by atoms with Gasteiger partial charge >= 0.3 is 0 Å². The quantitative estimate of drug-likeness (QED) is 0.585. The zero-order valence-corrected chi connectivity index (χ0v) is 15.1. The van der Waals surface area contributed by atoms with E-state index in [1.54, 1.807) is 0 Å². The van der Waals surface area contributed by atoms with E-state index in [1.165, 1.54) is 16.7 Å². The Morgan fingerprint density at radius 2 is 1.76 bits per heavy atom. The molecular weight excluding hydrogens is 306 g/mol. The van der Waals surface area contributed by atoms with Crippen LogP contribution in [0, 0.1) is 32.1 Å². The van der Waals surface area contributed by atoms with Crippen LogP contribution in [-0.4, -0.2) is 9.55 Å². The lowest BCUT2D eigenvalue weighted by Gasteiger charge is -2.07. The Morgan fingerprint density at radius 3 is 2.48 bits per heavy atom. The van der Waals surface area contributed by atoms with E-state index in [1.807, 2.05) is 0 Å². The van der Waals surface area contributed by atoms with Gasteiger partial charge in [-0.05, 0) is 62.1 Å². The van der Waals surface area contributed by atoms with E-state index in [4.69, 9.17) is 10.2 Å². The summed E-state index contributed by atoms with van der Waals surface area (Å²) in [5, 5.41) is 8.84. The summed E-state index contributed by atoms with van der Waals surface area (Å²) in [6.07, 6.45) is 5.56. The lowest BCUT2D eigenvalue weighted by Crippen LogP contribution is -2.00. The summed E-state index contributed by atoms with van der Waals surface area (Å²) < 4.78 is 2.23. The maximum absolute atomic E-state index is 8.84. The minimum absolute atomic E-state index is 0.561. The summed E-state index contributed by atoms with van der Waals surface area (Å²) in [5.41, 5.74) is 7.10. The van der Waals surface area contributed by atoms with E-state index in [9.17, 15) is 0 Å². The van der Waals surface area contributed by atoms with Gasteiger partial charge in [0.15, 0.2) is 0 Å². The summed E-state index contributed by atoms with van der Waals surface area (Å²) in [6.45, 7) is 7.14. The van der Waals surface area contributed by atoms with Gasteiger partial charge in [0.25, 0.3) is 0 Å². The first kappa shape index (κ1) is 17.0. The molecule has 3 aromatic rings. The van der Waals surface area contributed by atoms with Crippen molar-refractivity contribution >= 4 is 23.2 Å². The number of aryl methyl sites for hydroxylation is 4. The minimum Gasteiger partial charge on any atom is -0.324 e.